The fraction of sp³-hybridized carbons (Fsp3) is 0.528. The van der Waals surface area contributed by atoms with E-state index in [4.69, 9.17) is 4.74 Å². The number of hydrogen-bond acceptors (Lipinski definition) is 5. The number of likely N-dealkylation sites (N-methyl/N-ethyl adjacent to an activating group) is 1. The van der Waals surface area contributed by atoms with E-state index in [0.717, 1.165) is 36.9 Å². The zero-order chi connectivity index (χ0) is 31.2. The zero-order valence-corrected chi connectivity index (χ0v) is 26.6. The van der Waals surface area contributed by atoms with Gasteiger partial charge < -0.3 is 25.2 Å². The van der Waals surface area contributed by atoms with Gasteiger partial charge in [-0.25, -0.2) is 0 Å². The summed E-state index contributed by atoms with van der Waals surface area (Å²) < 4.78 is 6.57. The molecule has 2 saturated heterocycles. The number of amides is 3. The minimum absolute atomic E-state index is 0.0469. The Labute approximate surface area is 261 Å². The second kappa shape index (κ2) is 12.1. The first-order valence-corrected chi connectivity index (χ1v) is 16.2. The Bertz CT molecular complexity index is 1420. The molecule has 8 atom stereocenters. The van der Waals surface area contributed by atoms with Gasteiger partial charge in [-0.2, -0.15) is 0 Å². The molecule has 44 heavy (non-hydrogen) atoms. The van der Waals surface area contributed by atoms with Crippen LogP contribution in [0.2, 0.25) is 0 Å². The first-order valence-electron chi connectivity index (χ1n) is 16.2. The van der Waals surface area contributed by atoms with Crippen LogP contribution in [-0.2, 0) is 25.7 Å². The molecule has 1 spiro atoms. The van der Waals surface area contributed by atoms with Crippen molar-refractivity contribution in [3.63, 3.8) is 0 Å². The van der Waals surface area contributed by atoms with Gasteiger partial charge in [-0.15, -0.1) is 0 Å². The van der Waals surface area contributed by atoms with Crippen LogP contribution in [0.4, 0.5) is 5.69 Å². The summed E-state index contributed by atoms with van der Waals surface area (Å²) in [7, 11) is 2.02. The number of aryl methyl sites for hydroxylation is 2. The quantitative estimate of drug-likeness (QED) is 0.416. The second-order valence-electron chi connectivity index (χ2n) is 13.7. The fourth-order valence-electron chi connectivity index (χ4n) is 8.08. The van der Waals surface area contributed by atoms with Crippen LogP contribution in [-0.4, -0.2) is 71.4 Å². The minimum atomic E-state index is -1.17. The van der Waals surface area contributed by atoms with Crippen LogP contribution >= 0.6 is 0 Å². The first-order chi connectivity index (χ1) is 21.1. The molecule has 8 heteroatoms. The summed E-state index contributed by atoms with van der Waals surface area (Å²) in [6.07, 6.45) is 6.38. The van der Waals surface area contributed by atoms with Crippen LogP contribution in [0.1, 0.15) is 49.8 Å². The molecule has 0 radical (unpaired) electrons. The van der Waals surface area contributed by atoms with Crippen molar-refractivity contribution in [2.24, 2.45) is 23.7 Å². The molecule has 0 aromatic heterocycles. The molecule has 2 bridgehead atoms. The number of rotatable bonds is 9. The highest BCUT2D eigenvalue weighted by Crippen LogP contribution is 2.55. The van der Waals surface area contributed by atoms with Crippen LogP contribution < -0.4 is 10.6 Å². The van der Waals surface area contributed by atoms with Gasteiger partial charge in [0.1, 0.15) is 11.6 Å². The Balaban J connectivity index is 1.27. The van der Waals surface area contributed by atoms with Gasteiger partial charge in [-0.05, 0) is 68.0 Å². The van der Waals surface area contributed by atoms with Crippen molar-refractivity contribution in [1.29, 1.82) is 0 Å². The summed E-state index contributed by atoms with van der Waals surface area (Å²) >= 11 is 0. The van der Waals surface area contributed by atoms with Gasteiger partial charge in [0.05, 0.1) is 17.9 Å². The van der Waals surface area contributed by atoms with Crippen molar-refractivity contribution in [3.8, 4) is 0 Å². The number of likely N-dealkylation sites (tertiary alicyclic amines) is 1. The average molecular weight is 599 g/mol. The van der Waals surface area contributed by atoms with E-state index in [-0.39, 0.29) is 23.8 Å². The minimum Gasteiger partial charge on any atom is -0.359 e. The van der Waals surface area contributed by atoms with Gasteiger partial charge in [-0.3, -0.25) is 14.4 Å². The number of benzene rings is 2. The second-order valence-corrected chi connectivity index (χ2v) is 13.7. The molecule has 3 aliphatic heterocycles. The summed E-state index contributed by atoms with van der Waals surface area (Å²) in [6, 6.07) is 15.3. The van der Waals surface area contributed by atoms with Crippen LogP contribution in [0, 0.1) is 37.5 Å². The number of nitrogens with zero attached hydrogens (tertiary/aromatic N) is 2. The molecular weight excluding hydrogens is 552 g/mol. The van der Waals surface area contributed by atoms with E-state index in [1.54, 1.807) is 4.90 Å². The largest absolute Gasteiger partial charge is 0.359 e. The lowest BCUT2D eigenvalue weighted by molar-refractivity contribution is -0.141. The van der Waals surface area contributed by atoms with E-state index in [1.807, 2.05) is 63.4 Å². The van der Waals surface area contributed by atoms with E-state index in [2.05, 4.69) is 47.6 Å². The highest BCUT2D eigenvalue weighted by molar-refractivity contribution is 6.02. The van der Waals surface area contributed by atoms with Crippen LogP contribution in [0.3, 0.4) is 0 Å². The van der Waals surface area contributed by atoms with E-state index in [9.17, 15) is 14.4 Å². The molecule has 3 heterocycles. The third-order valence-corrected chi connectivity index (χ3v) is 10.5. The number of anilines is 1. The number of nitrogens with one attached hydrogen (secondary N) is 2. The molecule has 8 unspecified atom stereocenters. The number of ether oxygens (including phenoxy) is 1. The summed E-state index contributed by atoms with van der Waals surface area (Å²) in [5, 5.41) is 6.41. The van der Waals surface area contributed by atoms with Crippen LogP contribution in [0.5, 0.6) is 0 Å². The molecule has 3 amide bonds. The molecule has 2 aromatic rings. The molecule has 2 N–H and O–H groups in total. The third-order valence-electron chi connectivity index (χ3n) is 10.5. The van der Waals surface area contributed by atoms with Crippen molar-refractivity contribution in [2.45, 2.75) is 77.3 Å². The van der Waals surface area contributed by atoms with Crippen molar-refractivity contribution in [3.05, 3.63) is 77.4 Å². The number of carbonyl (C=O) groups excluding carboxylic acids is 3. The van der Waals surface area contributed by atoms with Crippen LogP contribution in [0.15, 0.2) is 60.7 Å². The summed E-state index contributed by atoms with van der Waals surface area (Å²) in [4.78, 5) is 46.4. The lowest BCUT2D eigenvalue weighted by atomic mass is 9.73. The van der Waals surface area contributed by atoms with E-state index >= 15 is 0 Å². The standard InChI is InChI=1S/C36H46N4O4/c1-22-18-23(2)20-27(19-22)37-33(41)30-29-14-15-36(44-29)31(30)35(43)40(17-16-39(5)21-26-11-7-6-8-12-26)32(36)34(42)38-28-13-9-10-24(3)25(28)4/h6-8,11-12,14-15,18-20,24-25,28-32H,9-10,13,16-17,21H2,1-5H3,(H,37,41)(H,38,42). The van der Waals surface area contributed by atoms with Gasteiger partial charge in [0.15, 0.2) is 0 Å². The smallest absolute Gasteiger partial charge is 0.246 e. The Morgan fingerprint density at radius 1 is 1.05 bits per heavy atom. The van der Waals surface area contributed by atoms with Crippen molar-refractivity contribution in [2.75, 3.05) is 25.5 Å². The highest BCUT2D eigenvalue weighted by atomic mass is 16.5. The van der Waals surface area contributed by atoms with Gasteiger partial charge in [0, 0.05) is 31.4 Å². The molecule has 2 aromatic carbocycles. The fourth-order valence-corrected chi connectivity index (χ4v) is 8.08. The topological polar surface area (TPSA) is 91.0 Å². The number of carbonyl (C=O) groups is 3. The maximum atomic E-state index is 14.4. The lowest BCUT2D eigenvalue weighted by Crippen LogP contribution is -2.58. The SMILES string of the molecule is Cc1cc(C)cc(NC(=O)C2C3C=CC4(O3)C2C(=O)N(CCN(C)Cc2ccccc2)C4C(=O)NC2CCCC(C)C2C)c1. The molecular formula is C36H46N4O4. The molecule has 3 fully saturated rings. The molecule has 1 aliphatic carbocycles. The summed E-state index contributed by atoms with van der Waals surface area (Å²) in [6.45, 7) is 10.1. The van der Waals surface area contributed by atoms with Gasteiger partial charge >= 0.3 is 0 Å². The predicted octanol–water partition coefficient (Wildman–Crippen LogP) is 4.47. The molecule has 4 aliphatic rings. The first kappa shape index (κ1) is 30.5. The monoisotopic (exact) mass is 598 g/mol. The maximum Gasteiger partial charge on any atom is 0.246 e. The molecule has 8 nitrogen and oxygen atoms in total. The molecule has 234 valence electrons. The van der Waals surface area contributed by atoms with E-state index in [0.29, 0.717) is 30.6 Å². The summed E-state index contributed by atoms with van der Waals surface area (Å²) in [5.74, 6) is -1.23. The Kier molecular flexibility index (Phi) is 8.42. The lowest BCUT2D eigenvalue weighted by Gasteiger charge is -2.38. The van der Waals surface area contributed by atoms with Crippen molar-refractivity contribution in [1.82, 2.24) is 15.1 Å². The van der Waals surface area contributed by atoms with Gasteiger partial charge in [-0.1, -0.05) is 75.2 Å². The summed E-state index contributed by atoms with van der Waals surface area (Å²) in [5.41, 5.74) is 2.81. The van der Waals surface area contributed by atoms with E-state index in [1.165, 1.54) is 5.56 Å². The normalized spacial score (nSPS) is 32.3. The van der Waals surface area contributed by atoms with Gasteiger partial charge in [0.25, 0.3) is 0 Å². The van der Waals surface area contributed by atoms with E-state index < -0.39 is 29.6 Å². The zero-order valence-electron chi connectivity index (χ0n) is 26.6. The average Bonchev–Trinajstić information content (AvgIpc) is 3.61. The number of fused-ring (bicyclic) bond motifs is 1. The van der Waals surface area contributed by atoms with Crippen LogP contribution in [0.25, 0.3) is 0 Å². The molecule has 1 saturated carbocycles. The van der Waals surface area contributed by atoms with Gasteiger partial charge in [0.2, 0.25) is 17.7 Å². The predicted molar refractivity (Wildman–Crippen MR) is 171 cm³/mol. The number of hydrogen-bond donors (Lipinski definition) is 2. The maximum absolute atomic E-state index is 14.4. The van der Waals surface area contributed by atoms with Crippen molar-refractivity contribution < 1.29 is 19.1 Å². The third kappa shape index (κ3) is 5.58. The Morgan fingerprint density at radius 2 is 1.77 bits per heavy atom. The highest BCUT2D eigenvalue weighted by Gasteiger charge is 2.72. The Morgan fingerprint density at radius 3 is 2.50 bits per heavy atom. The van der Waals surface area contributed by atoms with Crippen molar-refractivity contribution >= 4 is 23.4 Å². The molecule has 6 rings (SSSR count). The Hall–Kier alpha value is -3.49.